The van der Waals surface area contributed by atoms with Crippen molar-refractivity contribution in [1.29, 1.82) is 0 Å². The number of rotatable bonds is 4. The standard InChI is InChI=1S/C11H8BrFO4/c1-17-11(16)10(15)5-9(14)6-2-3-7(12)8(13)4-6/h2-4H,5H2,1H3. The largest absolute Gasteiger partial charge is 0.463 e. The summed E-state index contributed by atoms with van der Waals surface area (Å²) in [6, 6.07) is 3.71. The summed E-state index contributed by atoms with van der Waals surface area (Å²) in [5, 5.41) is 0. The van der Waals surface area contributed by atoms with Crippen LogP contribution in [0.2, 0.25) is 0 Å². The lowest BCUT2D eigenvalue weighted by atomic mass is 10.1. The van der Waals surface area contributed by atoms with E-state index in [1.165, 1.54) is 12.1 Å². The van der Waals surface area contributed by atoms with Crippen LogP contribution < -0.4 is 0 Å². The van der Waals surface area contributed by atoms with Gasteiger partial charge in [0.2, 0.25) is 5.78 Å². The molecule has 0 atom stereocenters. The zero-order chi connectivity index (χ0) is 13.0. The fourth-order valence-corrected chi connectivity index (χ4v) is 1.35. The van der Waals surface area contributed by atoms with Gasteiger partial charge in [-0.25, -0.2) is 9.18 Å². The van der Waals surface area contributed by atoms with E-state index < -0.39 is 29.8 Å². The highest BCUT2D eigenvalue weighted by atomic mass is 79.9. The number of ketones is 2. The highest BCUT2D eigenvalue weighted by molar-refractivity contribution is 9.10. The Kier molecular flexibility index (Phi) is 4.51. The second-order valence-electron chi connectivity index (χ2n) is 3.14. The molecule has 0 amide bonds. The van der Waals surface area contributed by atoms with Gasteiger partial charge in [-0.15, -0.1) is 0 Å². The van der Waals surface area contributed by atoms with Crippen molar-refractivity contribution >= 4 is 33.5 Å². The van der Waals surface area contributed by atoms with E-state index in [4.69, 9.17) is 0 Å². The zero-order valence-electron chi connectivity index (χ0n) is 8.83. The Morgan fingerprint density at radius 1 is 1.35 bits per heavy atom. The van der Waals surface area contributed by atoms with Gasteiger partial charge in [0.1, 0.15) is 5.82 Å². The molecule has 0 unspecified atom stereocenters. The quantitative estimate of drug-likeness (QED) is 0.369. The van der Waals surface area contributed by atoms with E-state index in [0.29, 0.717) is 0 Å². The van der Waals surface area contributed by atoms with Gasteiger partial charge in [0.25, 0.3) is 0 Å². The number of carbonyl (C=O) groups excluding carboxylic acids is 3. The molecule has 0 radical (unpaired) electrons. The molecular formula is C11H8BrFO4. The number of benzene rings is 1. The highest BCUT2D eigenvalue weighted by Gasteiger charge is 2.19. The lowest BCUT2D eigenvalue weighted by Gasteiger charge is -2.01. The van der Waals surface area contributed by atoms with Crippen LogP contribution in [0.5, 0.6) is 0 Å². The summed E-state index contributed by atoms with van der Waals surface area (Å²) >= 11 is 2.94. The van der Waals surface area contributed by atoms with Crippen LogP contribution in [-0.4, -0.2) is 24.6 Å². The van der Waals surface area contributed by atoms with E-state index in [2.05, 4.69) is 20.7 Å². The number of Topliss-reactive ketones (excluding diaryl/α,β-unsaturated/α-hetero) is 2. The second kappa shape index (κ2) is 5.67. The minimum Gasteiger partial charge on any atom is -0.463 e. The van der Waals surface area contributed by atoms with Gasteiger partial charge in [-0.05, 0) is 28.1 Å². The van der Waals surface area contributed by atoms with Crippen molar-refractivity contribution in [1.82, 2.24) is 0 Å². The van der Waals surface area contributed by atoms with Crippen LogP contribution in [0.1, 0.15) is 16.8 Å². The molecule has 1 aromatic carbocycles. The number of hydrogen-bond donors (Lipinski definition) is 0. The van der Waals surface area contributed by atoms with Gasteiger partial charge in [0.15, 0.2) is 5.78 Å². The molecule has 0 saturated carbocycles. The molecule has 6 heteroatoms. The van der Waals surface area contributed by atoms with Gasteiger partial charge in [-0.2, -0.15) is 0 Å². The third kappa shape index (κ3) is 3.45. The van der Waals surface area contributed by atoms with E-state index >= 15 is 0 Å². The Labute approximate surface area is 105 Å². The van der Waals surface area contributed by atoms with Crippen molar-refractivity contribution in [2.24, 2.45) is 0 Å². The zero-order valence-corrected chi connectivity index (χ0v) is 10.4. The molecule has 1 rings (SSSR count). The lowest BCUT2D eigenvalue weighted by Crippen LogP contribution is -2.19. The first-order valence-corrected chi connectivity index (χ1v) is 5.34. The average molecular weight is 303 g/mol. The fraction of sp³-hybridized carbons (Fsp3) is 0.182. The molecule has 0 bridgehead atoms. The second-order valence-corrected chi connectivity index (χ2v) is 4.00. The van der Waals surface area contributed by atoms with Crippen LogP contribution in [0.3, 0.4) is 0 Å². The molecule has 0 heterocycles. The molecule has 0 aliphatic heterocycles. The van der Waals surface area contributed by atoms with Crippen molar-refractivity contribution in [2.75, 3.05) is 7.11 Å². The highest BCUT2D eigenvalue weighted by Crippen LogP contribution is 2.17. The number of methoxy groups -OCH3 is 1. The minimum absolute atomic E-state index is 0.0305. The van der Waals surface area contributed by atoms with Crippen molar-refractivity contribution in [3.63, 3.8) is 0 Å². The first kappa shape index (κ1) is 13.5. The molecule has 90 valence electrons. The Bertz CT molecular complexity index is 484. The first-order valence-electron chi connectivity index (χ1n) is 4.55. The fourth-order valence-electron chi connectivity index (χ4n) is 1.10. The number of esters is 1. The summed E-state index contributed by atoms with van der Waals surface area (Å²) in [4.78, 5) is 33.4. The van der Waals surface area contributed by atoms with Crippen LogP contribution in [-0.2, 0) is 14.3 Å². The van der Waals surface area contributed by atoms with Gasteiger partial charge < -0.3 is 4.74 Å². The molecule has 0 aromatic heterocycles. The maximum atomic E-state index is 13.1. The first-order chi connectivity index (χ1) is 7.95. The monoisotopic (exact) mass is 302 g/mol. The average Bonchev–Trinajstić information content (AvgIpc) is 2.31. The predicted octanol–water partition coefficient (Wildman–Crippen LogP) is 1.90. The lowest BCUT2D eigenvalue weighted by molar-refractivity contribution is -0.151. The number of halogens is 2. The maximum Gasteiger partial charge on any atom is 0.374 e. The van der Waals surface area contributed by atoms with Crippen LogP contribution >= 0.6 is 15.9 Å². The van der Waals surface area contributed by atoms with Crippen molar-refractivity contribution < 1.29 is 23.5 Å². The molecule has 0 saturated heterocycles. The van der Waals surface area contributed by atoms with Crippen molar-refractivity contribution in [2.45, 2.75) is 6.42 Å². The Balaban J connectivity index is 2.80. The van der Waals surface area contributed by atoms with E-state index in [9.17, 15) is 18.8 Å². The number of ether oxygens (including phenoxy) is 1. The number of hydrogen-bond acceptors (Lipinski definition) is 4. The minimum atomic E-state index is -1.09. The predicted molar refractivity (Wildman–Crippen MR) is 60.1 cm³/mol. The SMILES string of the molecule is COC(=O)C(=O)CC(=O)c1ccc(Br)c(F)c1. The van der Waals surface area contributed by atoms with E-state index in [1.807, 2.05) is 0 Å². The van der Waals surface area contributed by atoms with Gasteiger partial charge in [-0.3, -0.25) is 9.59 Å². The molecule has 4 nitrogen and oxygen atoms in total. The summed E-state index contributed by atoms with van der Waals surface area (Å²) in [5.74, 6) is -3.29. The smallest absolute Gasteiger partial charge is 0.374 e. The maximum absolute atomic E-state index is 13.1. The van der Waals surface area contributed by atoms with Crippen LogP contribution in [0.4, 0.5) is 4.39 Å². The summed E-state index contributed by atoms with van der Waals surface area (Å²) < 4.78 is 17.5. The summed E-state index contributed by atoms with van der Waals surface area (Å²) in [6.07, 6.45) is -0.631. The Morgan fingerprint density at radius 2 is 2.00 bits per heavy atom. The van der Waals surface area contributed by atoms with Gasteiger partial charge >= 0.3 is 5.97 Å². The topological polar surface area (TPSA) is 60.4 Å². The summed E-state index contributed by atoms with van der Waals surface area (Å²) in [7, 11) is 1.05. The molecular weight excluding hydrogens is 295 g/mol. The third-order valence-corrected chi connectivity index (χ3v) is 2.62. The van der Waals surface area contributed by atoms with E-state index in [0.717, 1.165) is 13.2 Å². The van der Waals surface area contributed by atoms with Crippen LogP contribution in [0.15, 0.2) is 22.7 Å². The molecule has 0 spiro atoms. The summed E-state index contributed by atoms with van der Waals surface area (Å²) in [6.45, 7) is 0. The molecule has 17 heavy (non-hydrogen) atoms. The molecule has 0 aliphatic carbocycles. The summed E-state index contributed by atoms with van der Waals surface area (Å²) in [5.41, 5.74) is 0.0305. The van der Waals surface area contributed by atoms with Crippen LogP contribution in [0, 0.1) is 5.82 Å². The Hall–Kier alpha value is -1.56. The molecule has 1 aromatic rings. The van der Waals surface area contributed by atoms with Crippen molar-refractivity contribution in [3.8, 4) is 0 Å². The normalized spacial score (nSPS) is 9.82. The van der Waals surface area contributed by atoms with Crippen LogP contribution in [0.25, 0.3) is 0 Å². The number of carbonyl (C=O) groups is 3. The van der Waals surface area contributed by atoms with E-state index in [1.54, 1.807) is 0 Å². The van der Waals surface area contributed by atoms with E-state index in [-0.39, 0.29) is 10.0 Å². The van der Waals surface area contributed by atoms with Crippen molar-refractivity contribution in [3.05, 3.63) is 34.1 Å². The third-order valence-electron chi connectivity index (χ3n) is 1.98. The van der Waals surface area contributed by atoms with Gasteiger partial charge in [0.05, 0.1) is 18.0 Å². The Morgan fingerprint density at radius 3 is 2.53 bits per heavy atom. The van der Waals surface area contributed by atoms with Gasteiger partial charge in [0, 0.05) is 5.56 Å². The molecule has 0 aliphatic rings. The molecule has 0 N–H and O–H groups in total. The van der Waals surface area contributed by atoms with Gasteiger partial charge in [-0.1, -0.05) is 6.07 Å². The molecule has 0 fully saturated rings.